The van der Waals surface area contributed by atoms with Crippen LogP contribution in [-0.4, -0.2) is 0 Å². The number of rotatable bonds is 3. The van der Waals surface area contributed by atoms with E-state index in [1.165, 1.54) is 49.4 Å². The Labute approximate surface area is 242 Å². The van der Waals surface area contributed by atoms with Crippen molar-refractivity contribution in [3.05, 3.63) is 146 Å². The number of hydrogen-bond acceptors (Lipinski definition) is 2. The van der Waals surface area contributed by atoms with Crippen LogP contribution in [0, 0.1) is 0 Å². The summed E-state index contributed by atoms with van der Waals surface area (Å²) < 4.78 is 12.6. The highest BCUT2D eigenvalue weighted by Crippen LogP contribution is 2.47. The molecule has 2 heterocycles. The van der Waals surface area contributed by atoms with Gasteiger partial charge in [0, 0.05) is 21.9 Å². The van der Waals surface area contributed by atoms with Gasteiger partial charge in [0.15, 0.2) is 0 Å². The lowest BCUT2D eigenvalue weighted by Gasteiger charge is -2.18. The van der Waals surface area contributed by atoms with Crippen LogP contribution >= 0.6 is 0 Å². The van der Waals surface area contributed by atoms with Crippen LogP contribution < -0.4 is 0 Å². The normalized spacial score (nSPS) is 11.8. The second-order valence-corrected chi connectivity index (χ2v) is 10.8. The average Bonchev–Trinajstić information content (AvgIpc) is 3.69. The van der Waals surface area contributed by atoms with E-state index in [2.05, 4.69) is 133 Å². The average molecular weight is 537 g/mol. The SMILES string of the molecule is c1ccc(-c2cccc(-c3c4ccccc4c(-c4cccc5c4oc4ccc6ccoc6c45)c4ccccc34)c2)cc1. The van der Waals surface area contributed by atoms with Gasteiger partial charge in [-0.25, -0.2) is 0 Å². The minimum Gasteiger partial charge on any atom is -0.464 e. The lowest BCUT2D eigenvalue weighted by molar-refractivity contribution is 0.618. The first-order chi connectivity index (χ1) is 20.8. The van der Waals surface area contributed by atoms with E-state index in [0.29, 0.717) is 0 Å². The summed E-state index contributed by atoms with van der Waals surface area (Å²) in [6, 6.07) is 49.6. The standard InChI is InChI=1S/C40H24O2/c1-2-10-25(11-3-1)27-12-8-13-28(24-27)36-29-14-4-6-16-31(29)37(32-17-7-5-15-30(32)36)33-18-9-19-34-38-35(42-40(33)34)21-20-26-22-23-41-39(26)38/h1-24H. The molecule has 0 atom stereocenters. The molecule has 7 aromatic carbocycles. The Kier molecular flexibility index (Phi) is 4.93. The maximum Gasteiger partial charge on any atom is 0.145 e. The van der Waals surface area contributed by atoms with Gasteiger partial charge in [-0.3, -0.25) is 0 Å². The molecule has 42 heavy (non-hydrogen) atoms. The Hall–Kier alpha value is -5.60. The summed E-state index contributed by atoms with van der Waals surface area (Å²) in [5, 5.41) is 8.01. The maximum atomic E-state index is 6.63. The predicted octanol–water partition coefficient (Wildman–Crippen LogP) is 11.6. The van der Waals surface area contributed by atoms with Gasteiger partial charge in [0.1, 0.15) is 16.7 Å². The van der Waals surface area contributed by atoms with Gasteiger partial charge >= 0.3 is 0 Å². The topological polar surface area (TPSA) is 26.3 Å². The summed E-state index contributed by atoms with van der Waals surface area (Å²) in [6.45, 7) is 0. The molecule has 196 valence electrons. The quantitative estimate of drug-likeness (QED) is 0.210. The lowest BCUT2D eigenvalue weighted by Crippen LogP contribution is -1.91. The molecule has 2 heteroatoms. The summed E-state index contributed by atoms with van der Waals surface area (Å²) in [6.07, 6.45) is 1.75. The molecule has 0 amide bonds. The molecule has 0 aliphatic rings. The fraction of sp³-hybridized carbons (Fsp3) is 0. The number of furan rings is 2. The second-order valence-electron chi connectivity index (χ2n) is 10.8. The molecule has 9 rings (SSSR count). The zero-order valence-electron chi connectivity index (χ0n) is 22.7. The largest absolute Gasteiger partial charge is 0.464 e. The molecule has 0 unspecified atom stereocenters. The van der Waals surface area contributed by atoms with Gasteiger partial charge in [0.2, 0.25) is 0 Å². The first-order valence-corrected chi connectivity index (χ1v) is 14.3. The molecule has 2 aromatic heterocycles. The molecule has 0 saturated heterocycles. The van der Waals surface area contributed by atoms with Crippen LogP contribution in [0.1, 0.15) is 0 Å². The van der Waals surface area contributed by atoms with Crippen LogP contribution in [0.15, 0.2) is 155 Å². The number of hydrogen-bond donors (Lipinski definition) is 0. The maximum absolute atomic E-state index is 6.63. The fourth-order valence-electron chi connectivity index (χ4n) is 6.72. The Bertz CT molecular complexity index is 2400. The van der Waals surface area contributed by atoms with Crippen LogP contribution in [-0.2, 0) is 0 Å². The summed E-state index contributed by atoms with van der Waals surface area (Å²) in [7, 11) is 0. The molecule has 0 radical (unpaired) electrons. The molecule has 0 bridgehead atoms. The first kappa shape index (κ1) is 23.1. The van der Waals surface area contributed by atoms with Crippen LogP contribution in [0.4, 0.5) is 0 Å². The highest BCUT2D eigenvalue weighted by Gasteiger charge is 2.21. The number of benzene rings is 7. The zero-order valence-corrected chi connectivity index (χ0v) is 22.7. The third-order valence-electron chi connectivity index (χ3n) is 8.54. The Morgan fingerprint density at radius 2 is 1.02 bits per heavy atom. The van der Waals surface area contributed by atoms with Crippen LogP contribution in [0.5, 0.6) is 0 Å². The summed E-state index contributed by atoms with van der Waals surface area (Å²) >= 11 is 0. The fourth-order valence-corrected chi connectivity index (χ4v) is 6.72. The Balaban J connectivity index is 1.38. The van der Waals surface area contributed by atoms with Crippen LogP contribution in [0.2, 0.25) is 0 Å². The molecule has 9 aromatic rings. The van der Waals surface area contributed by atoms with Gasteiger partial charge in [-0.2, -0.15) is 0 Å². The minimum absolute atomic E-state index is 0.836. The lowest BCUT2D eigenvalue weighted by atomic mass is 9.85. The van der Waals surface area contributed by atoms with Crippen molar-refractivity contribution in [2.45, 2.75) is 0 Å². The van der Waals surface area contributed by atoms with E-state index in [0.717, 1.165) is 38.5 Å². The van der Waals surface area contributed by atoms with E-state index in [1.54, 1.807) is 6.26 Å². The smallest absolute Gasteiger partial charge is 0.145 e. The summed E-state index contributed by atoms with van der Waals surface area (Å²) in [4.78, 5) is 0. The van der Waals surface area contributed by atoms with Crippen molar-refractivity contribution in [2.75, 3.05) is 0 Å². The summed E-state index contributed by atoms with van der Waals surface area (Å²) in [5.41, 5.74) is 9.73. The Morgan fingerprint density at radius 3 is 1.79 bits per heavy atom. The second kappa shape index (κ2) is 8.95. The third-order valence-corrected chi connectivity index (χ3v) is 8.54. The number of para-hydroxylation sites is 1. The molecule has 2 nitrogen and oxygen atoms in total. The van der Waals surface area contributed by atoms with Gasteiger partial charge in [-0.1, -0.05) is 115 Å². The Morgan fingerprint density at radius 1 is 0.405 bits per heavy atom. The van der Waals surface area contributed by atoms with Gasteiger partial charge in [0.25, 0.3) is 0 Å². The van der Waals surface area contributed by atoms with Gasteiger partial charge in [-0.15, -0.1) is 0 Å². The monoisotopic (exact) mass is 536 g/mol. The van der Waals surface area contributed by atoms with Crippen molar-refractivity contribution in [3.63, 3.8) is 0 Å². The molecule has 0 aliphatic carbocycles. The van der Waals surface area contributed by atoms with Crippen molar-refractivity contribution in [1.82, 2.24) is 0 Å². The molecule has 0 spiro atoms. The minimum atomic E-state index is 0.836. The van der Waals surface area contributed by atoms with Gasteiger partial charge < -0.3 is 8.83 Å². The highest BCUT2D eigenvalue weighted by molar-refractivity contribution is 6.25. The van der Waals surface area contributed by atoms with Crippen LogP contribution in [0.25, 0.3) is 87.8 Å². The molecule has 0 fully saturated rings. The van der Waals surface area contributed by atoms with E-state index >= 15 is 0 Å². The van der Waals surface area contributed by atoms with Crippen molar-refractivity contribution in [2.24, 2.45) is 0 Å². The van der Waals surface area contributed by atoms with E-state index < -0.39 is 0 Å². The van der Waals surface area contributed by atoms with Crippen molar-refractivity contribution >= 4 is 54.5 Å². The first-order valence-electron chi connectivity index (χ1n) is 14.3. The molecule has 0 saturated carbocycles. The third kappa shape index (κ3) is 3.33. The van der Waals surface area contributed by atoms with Crippen LogP contribution in [0.3, 0.4) is 0 Å². The highest BCUT2D eigenvalue weighted by atomic mass is 16.3. The van der Waals surface area contributed by atoms with Gasteiger partial charge in [-0.05, 0) is 68.1 Å². The molecular weight excluding hydrogens is 512 g/mol. The molecule has 0 aliphatic heterocycles. The molecular formula is C40H24O2. The van der Waals surface area contributed by atoms with Crippen molar-refractivity contribution < 1.29 is 8.83 Å². The van der Waals surface area contributed by atoms with Crippen molar-refractivity contribution in [3.8, 4) is 33.4 Å². The van der Waals surface area contributed by atoms with Gasteiger partial charge in [0.05, 0.1) is 11.6 Å². The molecule has 0 N–H and O–H groups in total. The van der Waals surface area contributed by atoms with E-state index in [1.807, 2.05) is 6.07 Å². The van der Waals surface area contributed by atoms with E-state index in [9.17, 15) is 0 Å². The zero-order chi connectivity index (χ0) is 27.6. The number of fused-ring (bicyclic) bond motifs is 7. The van der Waals surface area contributed by atoms with E-state index in [4.69, 9.17) is 8.83 Å². The van der Waals surface area contributed by atoms with Crippen molar-refractivity contribution in [1.29, 1.82) is 0 Å². The predicted molar refractivity (Wildman–Crippen MR) is 175 cm³/mol. The van der Waals surface area contributed by atoms with E-state index in [-0.39, 0.29) is 0 Å². The summed E-state index contributed by atoms with van der Waals surface area (Å²) in [5.74, 6) is 0.